The van der Waals surface area contributed by atoms with Gasteiger partial charge in [0.15, 0.2) is 11.6 Å². The number of ether oxygens (including phenoxy) is 2. The van der Waals surface area contributed by atoms with E-state index in [0.717, 1.165) is 0 Å². The van der Waals surface area contributed by atoms with Gasteiger partial charge in [-0.1, -0.05) is 19.9 Å². The van der Waals surface area contributed by atoms with Gasteiger partial charge in [-0.2, -0.15) is 0 Å². The van der Waals surface area contributed by atoms with E-state index in [-0.39, 0.29) is 17.6 Å². The quantitative estimate of drug-likeness (QED) is 0.757. The molecule has 4 heteroatoms. The van der Waals surface area contributed by atoms with Crippen LogP contribution in [0.3, 0.4) is 0 Å². The van der Waals surface area contributed by atoms with Gasteiger partial charge < -0.3 is 9.47 Å². The standard InChI is InChI=1S/C14H19FO3/c1-5-18-14(16)13(9(2)3)10-6-7-12(17-4)11(15)8-10/h6-9,13H,5H2,1-4H3. The molecule has 0 amide bonds. The summed E-state index contributed by atoms with van der Waals surface area (Å²) in [6.07, 6.45) is 0. The molecule has 0 N–H and O–H groups in total. The van der Waals surface area contributed by atoms with E-state index in [1.807, 2.05) is 13.8 Å². The first-order valence-corrected chi connectivity index (χ1v) is 6.01. The first-order valence-electron chi connectivity index (χ1n) is 6.01. The van der Waals surface area contributed by atoms with Crippen molar-refractivity contribution in [2.75, 3.05) is 13.7 Å². The lowest BCUT2D eigenvalue weighted by molar-refractivity contribution is -0.146. The molecule has 0 aliphatic heterocycles. The van der Waals surface area contributed by atoms with Gasteiger partial charge in [-0.15, -0.1) is 0 Å². The second-order valence-electron chi connectivity index (χ2n) is 4.37. The molecule has 0 fully saturated rings. The van der Waals surface area contributed by atoms with Crippen LogP contribution in [0.5, 0.6) is 5.75 Å². The SMILES string of the molecule is CCOC(=O)C(c1ccc(OC)c(F)c1)C(C)C. The van der Waals surface area contributed by atoms with Crippen molar-refractivity contribution in [1.29, 1.82) is 0 Å². The van der Waals surface area contributed by atoms with E-state index in [9.17, 15) is 9.18 Å². The maximum atomic E-state index is 13.6. The first-order chi connectivity index (χ1) is 8.51. The number of hydrogen-bond donors (Lipinski definition) is 0. The Hall–Kier alpha value is -1.58. The van der Waals surface area contributed by atoms with Gasteiger partial charge in [0.05, 0.1) is 19.6 Å². The molecule has 1 atom stereocenters. The molecule has 100 valence electrons. The molecule has 0 saturated carbocycles. The molecule has 18 heavy (non-hydrogen) atoms. The van der Waals surface area contributed by atoms with Crippen LogP contribution in [0.4, 0.5) is 4.39 Å². The summed E-state index contributed by atoms with van der Waals surface area (Å²) >= 11 is 0. The molecule has 0 aromatic heterocycles. The molecule has 0 aliphatic rings. The predicted octanol–water partition coefficient (Wildman–Crippen LogP) is 3.14. The molecular formula is C14H19FO3. The van der Waals surface area contributed by atoms with E-state index in [0.29, 0.717) is 12.2 Å². The maximum Gasteiger partial charge on any atom is 0.313 e. The van der Waals surface area contributed by atoms with Gasteiger partial charge in [0.25, 0.3) is 0 Å². The number of rotatable bonds is 5. The number of halogens is 1. The lowest BCUT2D eigenvalue weighted by atomic mass is 9.88. The van der Waals surface area contributed by atoms with Crippen LogP contribution in [0, 0.1) is 11.7 Å². The average Bonchev–Trinajstić information content (AvgIpc) is 2.29. The van der Waals surface area contributed by atoms with E-state index < -0.39 is 11.7 Å². The Morgan fingerprint density at radius 2 is 2.06 bits per heavy atom. The van der Waals surface area contributed by atoms with E-state index in [2.05, 4.69) is 0 Å². The summed E-state index contributed by atoms with van der Waals surface area (Å²) in [5.41, 5.74) is 0.613. The maximum absolute atomic E-state index is 13.6. The van der Waals surface area contributed by atoms with Gasteiger partial charge in [0, 0.05) is 0 Å². The van der Waals surface area contributed by atoms with E-state index >= 15 is 0 Å². The van der Waals surface area contributed by atoms with Crippen molar-refractivity contribution in [1.82, 2.24) is 0 Å². The van der Waals surface area contributed by atoms with Crippen LogP contribution in [-0.2, 0) is 9.53 Å². The van der Waals surface area contributed by atoms with E-state index in [1.54, 1.807) is 13.0 Å². The van der Waals surface area contributed by atoms with Crippen LogP contribution in [0.25, 0.3) is 0 Å². The third kappa shape index (κ3) is 3.22. The molecule has 0 aliphatic carbocycles. The summed E-state index contributed by atoms with van der Waals surface area (Å²) < 4.78 is 23.5. The fraction of sp³-hybridized carbons (Fsp3) is 0.500. The molecule has 0 radical (unpaired) electrons. The Kier molecular flexibility index (Phi) is 5.13. The monoisotopic (exact) mass is 254 g/mol. The number of hydrogen-bond acceptors (Lipinski definition) is 3. The van der Waals surface area contributed by atoms with E-state index in [4.69, 9.17) is 9.47 Å². The van der Waals surface area contributed by atoms with Crippen LogP contribution in [0.15, 0.2) is 18.2 Å². The zero-order valence-corrected chi connectivity index (χ0v) is 11.2. The van der Waals surface area contributed by atoms with Gasteiger partial charge in [0.2, 0.25) is 0 Å². The molecule has 0 spiro atoms. The minimum absolute atomic E-state index is 0.0387. The Bertz CT molecular complexity index is 416. The molecule has 1 rings (SSSR count). The van der Waals surface area contributed by atoms with Crippen molar-refractivity contribution >= 4 is 5.97 Å². The molecule has 1 unspecified atom stereocenters. The third-order valence-corrected chi connectivity index (χ3v) is 2.74. The Balaban J connectivity index is 3.06. The summed E-state index contributed by atoms with van der Waals surface area (Å²) in [7, 11) is 1.41. The smallest absolute Gasteiger partial charge is 0.313 e. The van der Waals surface area contributed by atoms with Gasteiger partial charge >= 0.3 is 5.97 Å². The van der Waals surface area contributed by atoms with Crippen molar-refractivity contribution in [2.24, 2.45) is 5.92 Å². The van der Waals surface area contributed by atoms with Gasteiger partial charge in [0.1, 0.15) is 0 Å². The summed E-state index contributed by atoms with van der Waals surface area (Å²) in [6.45, 7) is 5.89. The first kappa shape index (κ1) is 14.5. The lowest BCUT2D eigenvalue weighted by Gasteiger charge is -2.19. The van der Waals surface area contributed by atoms with Crippen LogP contribution >= 0.6 is 0 Å². The summed E-state index contributed by atoms with van der Waals surface area (Å²) in [5.74, 6) is -1.03. The van der Waals surface area contributed by atoms with Crippen LogP contribution in [0.2, 0.25) is 0 Å². The zero-order chi connectivity index (χ0) is 13.7. The fourth-order valence-corrected chi connectivity index (χ4v) is 1.90. The Labute approximate surface area is 107 Å². The van der Waals surface area contributed by atoms with Crippen LogP contribution in [0.1, 0.15) is 32.3 Å². The van der Waals surface area contributed by atoms with Crippen LogP contribution < -0.4 is 4.74 Å². The van der Waals surface area contributed by atoms with Gasteiger partial charge in [-0.3, -0.25) is 4.79 Å². The molecule has 0 bridgehead atoms. The Morgan fingerprint density at radius 3 is 2.50 bits per heavy atom. The average molecular weight is 254 g/mol. The van der Waals surface area contributed by atoms with Crippen LogP contribution in [-0.4, -0.2) is 19.7 Å². The Morgan fingerprint density at radius 1 is 1.39 bits per heavy atom. The number of benzene rings is 1. The summed E-state index contributed by atoms with van der Waals surface area (Å²) in [4.78, 5) is 11.9. The lowest BCUT2D eigenvalue weighted by Crippen LogP contribution is -2.21. The van der Waals surface area contributed by atoms with Crippen molar-refractivity contribution in [2.45, 2.75) is 26.7 Å². The highest BCUT2D eigenvalue weighted by molar-refractivity contribution is 5.78. The van der Waals surface area contributed by atoms with Crippen molar-refractivity contribution in [3.05, 3.63) is 29.6 Å². The minimum Gasteiger partial charge on any atom is -0.494 e. The zero-order valence-electron chi connectivity index (χ0n) is 11.2. The van der Waals surface area contributed by atoms with Crippen molar-refractivity contribution in [3.63, 3.8) is 0 Å². The topological polar surface area (TPSA) is 35.5 Å². The molecule has 1 aromatic carbocycles. The second kappa shape index (κ2) is 6.38. The summed E-state index contributed by atoms with van der Waals surface area (Å²) in [5, 5.41) is 0. The normalized spacial score (nSPS) is 12.3. The molecule has 3 nitrogen and oxygen atoms in total. The molecular weight excluding hydrogens is 235 g/mol. The van der Waals surface area contributed by atoms with Crippen molar-refractivity contribution in [3.8, 4) is 5.75 Å². The predicted molar refractivity (Wildman–Crippen MR) is 67.2 cm³/mol. The second-order valence-corrected chi connectivity index (χ2v) is 4.37. The van der Waals surface area contributed by atoms with E-state index in [1.165, 1.54) is 19.2 Å². The fourth-order valence-electron chi connectivity index (χ4n) is 1.90. The van der Waals surface area contributed by atoms with Gasteiger partial charge in [-0.05, 0) is 30.5 Å². The minimum atomic E-state index is -0.468. The number of methoxy groups -OCH3 is 1. The van der Waals surface area contributed by atoms with Gasteiger partial charge in [-0.25, -0.2) is 4.39 Å². The number of carbonyl (C=O) groups is 1. The summed E-state index contributed by atoms with van der Waals surface area (Å²) in [6, 6.07) is 4.56. The molecule has 0 saturated heterocycles. The number of carbonyl (C=O) groups excluding carboxylic acids is 1. The molecule has 0 heterocycles. The highest BCUT2D eigenvalue weighted by atomic mass is 19.1. The highest BCUT2D eigenvalue weighted by Crippen LogP contribution is 2.29. The molecule has 1 aromatic rings. The number of esters is 1. The highest BCUT2D eigenvalue weighted by Gasteiger charge is 2.26. The van der Waals surface area contributed by atoms with Crippen molar-refractivity contribution < 1.29 is 18.7 Å². The third-order valence-electron chi connectivity index (χ3n) is 2.74. The largest absolute Gasteiger partial charge is 0.494 e.